The van der Waals surface area contributed by atoms with Gasteiger partial charge in [-0.25, -0.2) is 9.78 Å². The van der Waals surface area contributed by atoms with Gasteiger partial charge in [0.2, 0.25) is 11.9 Å². The number of halogens is 3. The number of esters is 1. The number of aromatic nitrogens is 2. The van der Waals surface area contributed by atoms with Gasteiger partial charge in [0.15, 0.2) is 0 Å². The van der Waals surface area contributed by atoms with Crippen LogP contribution in [0.4, 0.5) is 30.6 Å². The fraction of sp³-hybridized carbons (Fsp3) is 0.357. The van der Waals surface area contributed by atoms with Gasteiger partial charge in [-0.15, -0.1) is 0 Å². The minimum Gasteiger partial charge on any atom is -0.457 e. The highest BCUT2D eigenvalue weighted by atomic mass is 19.4. The molecule has 0 bridgehead atoms. The van der Waals surface area contributed by atoms with Crippen molar-refractivity contribution in [1.82, 2.24) is 15.3 Å². The molecule has 2 aromatic carbocycles. The molecule has 0 radical (unpaired) electrons. The van der Waals surface area contributed by atoms with Crippen molar-refractivity contribution in [3.8, 4) is 0 Å². The van der Waals surface area contributed by atoms with E-state index in [0.29, 0.717) is 36.7 Å². The Hall–Kier alpha value is -4.15. The minimum absolute atomic E-state index is 0.0638. The number of alkyl halides is 3. The average Bonchev–Trinajstić information content (AvgIpc) is 3.36. The molecule has 2 atom stereocenters. The number of amides is 1. The van der Waals surface area contributed by atoms with E-state index in [1.165, 1.54) is 12.1 Å². The lowest BCUT2D eigenvalue weighted by atomic mass is 10.0. The monoisotopic (exact) mass is 541 g/mol. The van der Waals surface area contributed by atoms with Crippen molar-refractivity contribution < 1.29 is 27.5 Å². The van der Waals surface area contributed by atoms with Gasteiger partial charge in [-0.3, -0.25) is 4.79 Å². The first-order valence-corrected chi connectivity index (χ1v) is 12.7. The van der Waals surface area contributed by atoms with Crippen LogP contribution in [0.3, 0.4) is 0 Å². The molecule has 1 aliphatic carbocycles. The summed E-state index contributed by atoms with van der Waals surface area (Å²) in [6.07, 6.45) is -2.14. The van der Waals surface area contributed by atoms with Gasteiger partial charge in [0, 0.05) is 24.0 Å². The molecule has 8 nitrogen and oxygen atoms in total. The maximum atomic E-state index is 13.7. The largest absolute Gasteiger partial charge is 0.457 e. The van der Waals surface area contributed by atoms with Gasteiger partial charge in [0.05, 0.1) is 11.5 Å². The Balaban J connectivity index is 1.46. The summed E-state index contributed by atoms with van der Waals surface area (Å²) in [5, 5.41) is 8.57. The maximum absolute atomic E-state index is 13.7. The van der Waals surface area contributed by atoms with Gasteiger partial charge in [-0.2, -0.15) is 18.2 Å². The lowest BCUT2D eigenvalue weighted by molar-refractivity contribution is -0.137. The molecule has 1 aliphatic rings. The summed E-state index contributed by atoms with van der Waals surface area (Å²) in [5.74, 6) is -1.62. The van der Waals surface area contributed by atoms with Crippen LogP contribution in [-0.2, 0) is 22.3 Å². The zero-order valence-electron chi connectivity index (χ0n) is 21.6. The average molecular weight is 542 g/mol. The first-order valence-electron chi connectivity index (χ1n) is 12.7. The van der Waals surface area contributed by atoms with Gasteiger partial charge in [-0.05, 0) is 56.5 Å². The van der Waals surface area contributed by atoms with Crippen molar-refractivity contribution >= 4 is 29.3 Å². The van der Waals surface area contributed by atoms with Crippen LogP contribution in [0.1, 0.15) is 54.6 Å². The Bertz CT molecular complexity index is 1280. The summed E-state index contributed by atoms with van der Waals surface area (Å²) >= 11 is 0. The van der Waals surface area contributed by atoms with Crippen LogP contribution in [0.25, 0.3) is 0 Å². The lowest BCUT2D eigenvalue weighted by Gasteiger charge is -2.24. The zero-order chi connectivity index (χ0) is 28.0. The van der Waals surface area contributed by atoms with Crippen molar-refractivity contribution in [3.63, 3.8) is 0 Å². The smallest absolute Gasteiger partial charge is 0.421 e. The number of hydrogen-bond donors (Lipinski definition) is 3. The highest BCUT2D eigenvalue weighted by Gasteiger charge is 2.39. The molecule has 4 rings (SSSR count). The number of rotatable bonds is 9. The molecule has 1 fully saturated rings. The van der Waals surface area contributed by atoms with Gasteiger partial charge in [0.25, 0.3) is 0 Å². The molecular formula is C28H30F3N5O3. The first-order chi connectivity index (χ1) is 18.6. The van der Waals surface area contributed by atoms with Crippen LogP contribution in [0.15, 0.2) is 60.8 Å². The fourth-order valence-corrected chi connectivity index (χ4v) is 4.40. The summed E-state index contributed by atoms with van der Waals surface area (Å²) in [6, 6.07) is 14.9. The Morgan fingerprint density at radius 3 is 2.44 bits per heavy atom. The SMILES string of the molecule is CC(C)NC(=O)[C@H]1CCC[C@H]1Nc1nc(Nc2ccc(C(=O)OCc3ccccc3)cc2)ncc1C(F)(F)F. The minimum atomic E-state index is -4.68. The van der Waals surface area contributed by atoms with E-state index in [9.17, 15) is 22.8 Å². The van der Waals surface area contributed by atoms with Crippen LogP contribution < -0.4 is 16.0 Å². The van der Waals surface area contributed by atoms with Gasteiger partial charge in [-0.1, -0.05) is 36.8 Å². The number of nitrogens with zero attached hydrogens (tertiary/aromatic N) is 2. The first kappa shape index (κ1) is 27.9. The second kappa shape index (κ2) is 12.1. The van der Waals surface area contributed by atoms with Crippen molar-refractivity contribution in [2.45, 2.75) is 58.0 Å². The van der Waals surface area contributed by atoms with E-state index in [0.717, 1.165) is 5.56 Å². The van der Waals surface area contributed by atoms with Crippen molar-refractivity contribution in [2.75, 3.05) is 10.6 Å². The zero-order valence-corrected chi connectivity index (χ0v) is 21.6. The van der Waals surface area contributed by atoms with E-state index in [-0.39, 0.29) is 24.5 Å². The second-order valence-corrected chi connectivity index (χ2v) is 9.67. The highest BCUT2D eigenvalue weighted by molar-refractivity contribution is 5.89. The van der Waals surface area contributed by atoms with E-state index < -0.39 is 35.5 Å². The number of carbonyl (C=O) groups excluding carboxylic acids is 2. The highest BCUT2D eigenvalue weighted by Crippen LogP contribution is 2.36. The number of benzene rings is 2. The van der Waals surface area contributed by atoms with Crippen LogP contribution in [-0.4, -0.2) is 33.9 Å². The second-order valence-electron chi connectivity index (χ2n) is 9.67. The lowest BCUT2D eigenvalue weighted by Crippen LogP contribution is -2.41. The van der Waals surface area contributed by atoms with Crippen molar-refractivity contribution in [2.24, 2.45) is 5.92 Å². The molecule has 206 valence electrons. The third kappa shape index (κ3) is 7.46. The number of ether oxygens (including phenoxy) is 1. The molecule has 1 amide bonds. The third-order valence-corrected chi connectivity index (χ3v) is 6.29. The molecule has 39 heavy (non-hydrogen) atoms. The Morgan fingerprint density at radius 1 is 1.05 bits per heavy atom. The van der Waals surface area contributed by atoms with Gasteiger partial charge < -0.3 is 20.7 Å². The molecule has 11 heteroatoms. The Kier molecular flexibility index (Phi) is 8.68. The van der Waals surface area contributed by atoms with E-state index in [1.807, 2.05) is 44.2 Å². The number of anilines is 3. The topological polar surface area (TPSA) is 105 Å². The van der Waals surface area contributed by atoms with Crippen LogP contribution in [0, 0.1) is 5.92 Å². The molecule has 0 saturated heterocycles. The molecule has 1 aromatic heterocycles. The molecular weight excluding hydrogens is 511 g/mol. The summed E-state index contributed by atoms with van der Waals surface area (Å²) in [4.78, 5) is 32.9. The Morgan fingerprint density at radius 2 is 1.77 bits per heavy atom. The summed E-state index contributed by atoms with van der Waals surface area (Å²) in [7, 11) is 0. The predicted octanol–water partition coefficient (Wildman–Crippen LogP) is 5.70. The van der Waals surface area contributed by atoms with Crippen LogP contribution in [0.2, 0.25) is 0 Å². The summed E-state index contributed by atoms with van der Waals surface area (Å²) < 4.78 is 46.5. The number of hydrogen-bond acceptors (Lipinski definition) is 7. The van der Waals surface area contributed by atoms with Crippen LogP contribution in [0.5, 0.6) is 0 Å². The molecule has 3 aromatic rings. The van der Waals surface area contributed by atoms with E-state index in [1.54, 1.807) is 12.1 Å². The molecule has 1 saturated carbocycles. The van der Waals surface area contributed by atoms with E-state index in [4.69, 9.17) is 4.74 Å². The summed E-state index contributed by atoms with van der Waals surface area (Å²) in [6.45, 7) is 3.80. The van der Waals surface area contributed by atoms with Gasteiger partial charge >= 0.3 is 12.1 Å². The fourth-order valence-electron chi connectivity index (χ4n) is 4.40. The number of carbonyl (C=O) groups is 2. The quantitative estimate of drug-likeness (QED) is 0.299. The van der Waals surface area contributed by atoms with Gasteiger partial charge in [0.1, 0.15) is 18.0 Å². The normalized spacial score (nSPS) is 17.1. The van der Waals surface area contributed by atoms with E-state index >= 15 is 0 Å². The van der Waals surface area contributed by atoms with Crippen molar-refractivity contribution in [3.05, 3.63) is 77.5 Å². The standard InChI is InChI=1S/C28H30F3N5O3/c1-17(2)33-25(37)21-9-6-10-23(21)35-24-22(28(29,30)31)15-32-27(36-24)34-20-13-11-19(12-14-20)26(38)39-16-18-7-4-3-5-8-18/h3-5,7-8,11-15,17,21,23H,6,9-10,16H2,1-2H3,(H,33,37)(H2,32,34,35,36)/t21-,23+/m0/s1. The van der Waals surface area contributed by atoms with Crippen molar-refractivity contribution in [1.29, 1.82) is 0 Å². The maximum Gasteiger partial charge on any atom is 0.421 e. The molecule has 3 N–H and O–H groups in total. The third-order valence-electron chi connectivity index (χ3n) is 6.29. The predicted molar refractivity (Wildman–Crippen MR) is 140 cm³/mol. The number of nitrogens with one attached hydrogen (secondary N) is 3. The van der Waals surface area contributed by atoms with Crippen LogP contribution >= 0.6 is 0 Å². The molecule has 1 heterocycles. The van der Waals surface area contributed by atoms with E-state index in [2.05, 4.69) is 25.9 Å². The summed E-state index contributed by atoms with van der Waals surface area (Å²) in [5.41, 5.74) is 0.631. The molecule has 0 unspecified atom stereocenters. The molecule has 0 aliphatic heterocycles. The Labute approximate surface area is 224 Å². The molecule has 0 spiro atoms.